The third kappa shape index (κ3) is 5.91. The molecule has 6 aromatic carbocycles. The van der Waals surface area contributed by atoms with E-state index < -0.39 is 14.5 Å². The Kier molecular flexibility index (Phi) is 9.26. The first kappa shape index (κ1) is 31.4. The second-order valence-electron chi connectivity index (χ2n) is 12.4. The zero-order chi connectivity index (χ0) is 32.1. The van der Waals surface area contributed by atoms with Gasteiger partial charge < -0.3 is 9.47 Å². The Hall–Kier alpha value is -4.22. The Bertz CT molecular complexity index is 1700. The van der Waals surface area contributed by atoms with E-state index in [1.54, 1.807) is 0 Å². The maximum Gasteiger partial charge on any atom is 0.131 e. The zero-order valence-electron chi connectivity index (χ0n) is 27.3. The summed E-state index contributed by atoms with van der Waals surface area (Å²) in [5.74, 6) is 1.87. The van der Waals surface area contributed by atoms with E-state index >= 15 is 0 Å². The molecule has 0 saturated carbocycles. The monoisotopic (exact) mass is 652 g/mol. The molecule has 0 radical (unpaired) electrons. The summed E-state index contributed by atoms with van der Waals surface area (Å²) in [6.45, 7) is 6.32. The van der Waals surface area contributed by atoms with Gasteiger partial charge in [0.05, 0.1) is 37.7 Å². The smallest absolute Gasteiger partial charge is 0.131 e. The van der Waals surface area contributed by atoms with Crippen molar-refractivity contribution in [2.24, 2.45) is 0 Å². The molecule has 0 saturated heterocycles. The molecule has 0 atom stereocenters. The van der Waals surface area contributed by atoms with Gasteiger partial charge in [-0.25, -0.2) is 0 Å². The molecule has 1 heterocycles. The normalized spacial score (nSPS) is 13.7. The minimum absolute atomic E-state index is 0.684. The van der Waals surface area contributed by atoms with Crippen molar-refractivity contribution < 1.29 is 9.47 Å². The largest absolute Gasteiger partial charge is 0.493 e. The van der Waals surface area contributed by atoms with Crippen LogP contribution >= 0.6 is 14.5 Å². The van der Waals surface area contributed by atoms with Crippen LogP contribution in [0.25, 0.3) is 11.1 Å². The minimum Gasteiger partial charge on any atom is -0.493 e. The first-order chi connectivity index (χ1) is 23.1. The third-order valence-corrected chi connectivity index (χ3v) is 17.6. The fraction of sp³-hybridized carbons (Fsp3) is 0.163. The first-order valence-electron chi connectivity index (χ1n) is 16.6. The molecule has 2 nitrogen and oxygen atoms in total. The molecule has 4 heteroatoms. The molecule has 0 spiro atoms. The number of hydrogen-bond acceptors (Lipinski definition) is 2. The maximum atomic E-state index is 6.84. The van der Waals surface area contributed by atoms with Crippen LogP contribution in [0, 0.1) is 0 Å². The van der Waals surface area contributed by atoms with E-state index in [0.29, 0.717) is 13.2 Å². The molecule has 0 aromatic heterocycles. The average Bonchev–Trinajstić information content (AvgIpc) is 3.19. The molecular formula is C43H42O2P2+2. The summed E-state index contributed by atoms with van der Waals surface area (Å²) in [6.07, 6.45) is 3.07. The second-order valence-corrected chi connectivity index (χ2v) is 19.5. The van der Waals surface area contributed by atoms with Crippen molar-refractivity contribution in [1.82, 2.24) is 0 Å². The lowest BCUT2D eigenvalue weighted by Gasteiger charge is -2.30. The third-order valence-electron chi connectivity index (χ3n) is 9.62. The van der Waals surface area contributed by atoms with Gasteiger partial charge in [0.25, 0.3) is 0 Å². The van der Waals surface area contributed by atoms with Gasteiger partial charge >= 0.3 is 0 Å². The highest BCUT2D eigenvalue weighted by Crippen LogP contribution is 2.59. The molecule has 1 aliphatic rings. The van der Waals surface area contributed by atoms with E-state index in [1.165, 1.54) is 43.0 Å². The van der Waals surface area contributed by atoms with E-state index in [2.05, 4.69) is 171 Å². The predicted octanol–water partition coefficient (Wildman–Crippen LogP) is 8.14. The Morgan fingerprint density at radius 1 is 0.362 bits per heavy atom. The summed E-state index contributed by atoms with van der Waals surface area (Å²) in [6, 6.07) is 57.8. The van der Waals surface area contributed by atoms with Crippen LogP contribution in [0.3, 0.4) is 0 Å². The van der Waals surface area contributed by atoms with Crippen molar-refractivity contribution in [2.45, 2.75) is 19.3 Å². The van der Waals surface area contributed by atoms with E-state index in [1.807, 2.05) is 0 Å². The van der Waals surface area contributed by atoms with Gasteiger partial charge in [-0.05, 0) is 92.1 Å². The van der Waals surface area contributed by atoms with E-state index in [4.69, 9.17) is 9.47 Å². The van der Waals surface area contributed by atoms with Crippen LogP contribution in [0.5, 0.6) is 11.5 Å². The van der Waals surface area contributed by atoms with Crippen LogP contribution in [-0.4, -0.2) is 26.5 Å². The van der Waals surface area contributed by atoms with E-state index in [9.17, 15) is 0 Å². The van der Waals surface area contributed by atoms with Gasteiger partial charge in [-0.1, -0.05) is 84.9 Å². The molecule has 6 aromatic rings. The van der Waals surface area contributed by atoms with Crippen molar-refractivity contribution in [3.63, 3.8) is 0 Å². The van der Waals surface area contributed by atoms with Crippen molar-refractivity contribution in [2.75, 3.05) is 26.5 Å². The van der Waals surface area contributed by atoms with Crippen LogP contribution in [-0.2, 0) is 0 Å². The lowest BCUT2D eigenvalue weighted by molar-refractivity contribution is 0.284. The quantitative estimate of drug-likeness (QED) is 0.169. The molecular weight excluding hydrogens is 610 g/mol. The Morgan fingerprint density at radius 2 is 0.681 bits per heavy atom. The van der Waals surface area contributed by atoms with Crippen LogP contribution in [0.2, 0.25) is 0 Å². The number of ether oxygens (including phenoxy) is 2. The molecule has 0 unspecified atom stereocenters. The van der Waals surface area contributed by atoms with Crippen LogP contribution in [0.1, 0.15) is 19.3 Å². The number of rotatable bonds is 6. The highest BCUT2D eigenvalue weighted by Gasteiger charge is 2.48. The molecule has 0 aliphatic carbocycles. The van der Waals surface area contributed by atoms with Crippen molar-refractivity contribution >= 4 is 46.4 Å². The standard InChI is InChI=1S/C43H42O2P2/c1-46(34-20-8-3-9-21-34,35-22-10-4-11-23-35)40-30-18-28-38-42(40)43-39(45-33-17-7-16-32-44-38)29-19-31-41(43)47(2,36-24-12-5-13-25-36)37-26-14-6-15-27-37/h3-6,8-15,18-31H,7,16-17,32-33H2,1-2H3/q+2. The maximum absolute atomic E-state index is 6.84. The molecule has 47 heavy (non-hydrogen) atoms. The lowest BCUT2D eigenvalue weighted by atomic mass is 10.0. The number of benzene rings is 6. The minimum atomic E-state index is -2.15. The Morgan fingerprint density at radius 3 is 1.00 bits per heavy atom. The summed E-state index contributed by atoms with van der Waals surface area (Å²) in [5, 5.41) is 8.01. The van der Waals surface area contributed by atoms with Crippen LogP contribution in [0.4, 0.5) is 0 Å². The topological polar surface area (TPSA) is 18.5 Å². The number of fused-ring (bicyclic) bond motifs is 3. The second kappa shape index (κ2) is 13.9. The molecule has 0 amide bonds. The van der Waals surface area contributed by atoms with Crippen molar-refractivity contribution in [3.05, 3.63) is 158 Å². The molecule has 7 rings (SSSR count). The molecule has 234 valence electrons. The summed E-state index contributed by atoms with van der Waals surface area (Å²) in [4.78, 5) is 0. The van der Waals surface area contributed by atoms with Gasteiger partial charge in [-0.3, -0.25) is 0 Å². The van der Waals surface area contributed by atoms with Gasteiger partial charge in [0.1, 0.15) is 57.9 Å². The fourth-order valence-electron chi connectivity index (χ4n) is 7.03. The summed E-state index contributed by atoms with van der Waals surface area (Å²) in [5.41, 5.74) is 2.34. The van der Waals surface area contributed by atoms with E-state index in [0.717, 1.165) is 30.8 Å². The summed E-state index contributed by atoms with van der Waals surface area (Å²) >= 11 is 0. The van der Waals surface area contributed by atoms with Gasteiger partial charge in [0.15, 0.2) is 0 Å². The molecule has 0 fully saturated rings. The molecule has 0 bridgehead atoms. The summed E-state index contributed by atoms with van der Waals surface area (Å²) < 4.78 is 13.7. The first-order valence-corrected chi connectivity index (χ1v) is 21.1. The summed E-state index contributed by atoms with van der Waals surface area (Å²) in [7, 11) is -4.30. The molecule has 0 N–H and O–H groups in total. The lowest BCUT2D eigenvalue weighted by Crippen LogP contribution is -2.34. The Labute approximate surface area is 281 Å². The average molecular weight is 653 g/mol. The molecule has 1 aliphatic heterocycles. The van der Waals surface area contributed by atoms with Crippen LogP contribution in [0.15, 0.2) is 158 Å². The van der Waals surface area contributed by atoms with Gasteiger partial charge in [-0.15, -0.1) is 0 Å². The van der Waals surface area contributed by atoms with Gasteiger partial charge in [0, 0.05) is 0 Å². The number of hydrogen-bond donors (Lipinski definition) is 0. The SMILES string of the molecule is C[P+](c1ccccc1)(c1ccccc1)c1cccc2c1-c1c(cccc1[P+](C)(c1ccccc1)c1ccccc1)OCCCCCO2. The highest BCUT2D eigenvalue weighted by molar-refractivity contribution is 7.96. The Balaban J connectivity index is 1.62. The van der Waals surface area contributed by atoms with Crippen LogP contribution < -0.4 is 41.3 Å². The zero-order valence-corrected chi connectivity index (χ0v) is 29.0. The predicted molar refractivity (Wildman–Crippen MR) is 206 cm³/mol. The van der Waals surface area contributed by atoms with Crippen molar-refractivity contribution in [3.8, 4) is 22.6 Å². The van der Waals surface area contributed by atoms with Crippen molar-refractivity contribution in [1.29, 1.82) is 0 Å². The van der Waals surface area contributed by atoms with E-state index in [-0.39, 0.29) is 0 Å². The fourth-order valence-corrected chi connectivity index (χ4v) is 13.9. The van der Waals surface area contributed by atoms with Gasteiger partial charge in [0.2, 0.25) is 0 Å². The highest BCUT2D eigenvalue weighted by atomic mass is 31.2. The van der Waals surface area contributed by atoms with Gasteiger partial charge in [-0.2, -0.15) is 0 Å².